The average Bonchev–Trinajstić information content (AvgIpc) is 2.84. The Balaban J connectivity index is 1.33. The number of methoxy groups -OCH3 is 1. The normalized spacial score (nSPS) is 10.7. The summed E-state index contributed by atoms with van der Waals surface area (Å²) in [5.74, 6) is 1.06. The van der Waals surface area contributed by atoms with Crippen molar-refractivity contribution in [1.29, 1.82) is 0 Å². The third-order valence-corrected chi connectivity index (χ3v) is 4.89. The van der Waals surface area contributed by atoms with Crippen LogP contribution in [0, 0.1) is 0 Å². The van der Waals surface area contributed by atoms with Gasteiger partial charge in [0.1, 0.15) is 12.1 Å². The molecule has 0 radical (unpaired) electrons. The van der Waals surface area contributed by atoms with Crippen molar-refractivity contribution in [1.82, 2.24) is 20.3 Å². The van der Waals surface area contributed by atoms with Gasteiger partial charge in [0.15, 0.2) is 11.5 Å². The monoisotopic (exact) mass is 430 g/mol. The first-order valence-electron chi connectivity index (χ1n) is 10.1. The van der Waals surface area contributed by atoms with Crippen LogP contribution in [0.25, 0.3) is 10.9 Å². The lowest BCUT2D eigenvalue weighted by Crippen LogP contribution is -2.28. The number of nitrogens with zero attached hydrogens (tertiary/aromatic N) is 3. The number of amides is 1. The molecule has 0 aliphatic heterocycles. The minimum Gasteiger partial charge on any atom is -0.493 e. The van der Waals surface area contributed by atoms with E-state index >= 15 is 0 Å². The van der Waals surface area contributed by atoms with Crippen molar-refractivity contribution in [2.75, 3.05) is 20.3 Å². The van der Waals surface area contributed by atoms with E-state index in [0.717, 1.165) is 5.56 Å². The molecule has 4 aromatic rings. The van der Waals surface area contributed by atoms with Gasteiger partial charge in [0.05, 0.1) is 25.6 Å². The Kier molecular flexibility index (Phi) is 6.41. The number of carbonyl (C=O) groups is 1. The number of benzene rings is 3. The van der Waals surface area contributed by atoms with E-state index in [2.05, 4.69) is 15.6 Å². The Morgan fingerprint density at radius 1 is 0.969 bits per heavy atom. The van der Waals surface area contributed by atoms with Crippen molar-refractivity contribution in [3.8, 4) is 11.5 Å². The van der Waals surface area contributed by atoms with Crippen LogP contribution in [0.15, 0.2) is 77.6 Å². The van der Waals surface area contributed by atoms with E-state index in [0.29, 0.717) is 41.1 Å². The van der Waals surface area contributed by atoms with Gasteiger partial charge >= 0.3 is 0 Å². The fraction of sp³-hybridized carbons (Fsp3) is 0.167. The smallest absolute Gasteiger partial charge is 0.277 e. The summed E-state index contributed by atoms with van der Waals surface area (Å²) < 4.78 is 12.2. The predicted molar refractivity (Wildman–Crippen MR) is 120 cm³/mol. The van der Waals surface area contributed by atoms with Crippen molar-refractivity contribution < 1.29 is 14.3 Å². The predicted octanol–water partition coefficient (Wildman–Crippen LogP) is 2.66. The molecule has 8 nitrogen and oxygen atoms in total. The second-order valence-electron chi connectivity index (χ2n) is 7.02. The first-order valence-corrected chi connectivity index (χ1v) is 10.1. The van der Waals surface area contributed by atoms with Gasteiger partial charge in [-0.05, 0) is 42.0 Å². The fourth-order valence-corrected chi connectivity index (χ4v) is 3.23. The van der Waals surface area contributed by atoms with Crippen molar-refractivity contribution >= 4 is 16.8 Å². The molecule has 0 saturated carbocycles. The van der Waals surface area contributed by atoms with E-state index in [1.54, 1.807) is 49.6 Å². The Morgan fingerprint density at radius 3 is 2.47 bits per heavy atom. The van der Waals surface area contributed by atoms with Crippen LogP contribution in [0.2, 0.25) is 0 Å². The van der Waals surface area contributed by atoms with Gasteiger partial charge in [-0.25, -0.2) is 4.68 Å². The van der Waals surface area contributed by atoms with Gasteiger partial charge in [0, 0.05) is 5.56 Å². The number of aromatic nitrogens is 3. The summed E-state index contributed by atoms with van der Waals surface area (Å²) in [6.07, 6.45) is 0. The summed E-state index contributed by atoms with van der Waals surface area (Å²) in [5.41, 5.74) is 1.72. The maximum absolute atomic E-state index is 12.6. The van der Waals surface area contributed by atoms with E-state index in [1.165, 1.54) is 4.68 Å². The molecule has 0 aliphatic rings. The van der Waals surface area contributed by atoms with Crippen molar-refractivity contribution in [2.45, 2.75) is 6.54 Å². The maximum Gasteiger partial charge on any atom is 0.277 e. The highest BCUT2D eigenvalue weighted by Gasteiger charge is 2.08. The van der Waals surface area contributed by atoms with Crippen LogP contribution in [0.3, 0.4) is 0 Å². The maximum atomic E-state index is 12.6. The molecule has 0 atom stereocenters. The van der Waals surface area contributed by atoms with E-state index in [4.69, 9.17) is 9.47 Å². The molecular formula is C24H22N4O4. The molecule has 0 fully saturated rings. The highest BCUT2D eigenvalue weighted by molar-refractivity contribution is 5.94. The molecule has 32 heavy (non-hydrogen) atoms. The zero-order valence-electron chi connectivity index (χ0n) is 17.5. The number of ether oxygens (including phenoxy) is 2. The summed E-state index contributed by atoms with van der Waals surface area (Å²) in [4.78, 5) is 25.0. The minimum absolute atomic E-state index is 0.201. The number of fused-ring (bicyclic) bond motifs is 1. The Hall–Kier alpha value is -4.20. The molecule has 1 amide bonds. The lowest BCUT2D eigenvalue weighted by Gasteiger charge is -2.11. The van der Waals surface area contributed by atoms with Gasteiger partial charge in [-0.3, -0.25) is 9.59 Å². The highest BCUT2D eigenvalue weighted by atomic mass is 16.5. The largest absolute Gasteiger partial charge is 0.493 e. The number of carbonyl (C=O) groups excluding carboxylic acids is 1. The summed E-state index contributed by atoms with van der Waals surface area (Å²) in [6, 6.07) is 21.5. The number of rotatable bonds is 8. The number of nitrogens with one attached hydrogen (secondary N) is 1. The molecule has 1 N–H and O–H groups in total. The minimum atomic E-state index is -0.206. The molecule has 0 saturated heterocycles. The molecule has 8 heteroatoms. The number of para-hydroxylation sites is 2. The summed E-state index contributed by atoms with van der Waals surface area (Å²) in [5, 5.41) is 11.4. The van der Waals surface area contributed by atoms with E-state index in [-0.39, 0.29) is 18.0 Å². The number of hydrogen-bond acceptors (Lipinski definition) is 6. The Labute approximate surface area is 184 Å². The molecule has 0 unspecified atom stereocenters. The van der Waals surface area contributed by atoms with Crippen molar-refractivity contribution in [3.63, 3.8) is 0 Å². The topological polar surface area (TPSA) is 95.3 Å². The second-order valence-corrected chi connectivity index (χ2v) is 7.02. The van der Waals surface area contributed by atoms with Gasteiger partial charge in [0.2, 0.25) is 0 Å². The van der Waals surface area contributed by atoms with E-state index in [9.17, 15) is 9.59 Å². The Morgan fingerprint density at radius 2 is 1.69 bits per heavy atom. The molecule has 3 aromatic carbocycles. The summed E-state index contributed by atoms with van der Waals surface area (Å²) in [6.45, 7) is 0.930. The number of hydrogen-bond donors (Lipinski definition) is 1. The van der Waals surface area contributed by atoms with Gasteiger partial charge in [-0.1, -0.05) is 41.6 Å². The van der Waals surface area contributed by atoms with Crippen LogP contribution in [0.1, 0.15) is 15.9 Å². The molecule has 1 aromatic heterocycles. The summed E-state index contributed by atoms with van der Waals surface area (Å²) in [7, 11) is 1.58. The van der Waals surface area contributed by atoms with Crippen LogP contribution >= 0.6 is 0 Å². The highest BCUT2D eigenvalue weighted by Crippen LogP contribution is 2.25. The lowest BCUT2D eigenvalue weighted by molar-refractivity contribution is 0.0947. The first kappa shape index (κ1) is 21.0. The quantitative estimate of drug-likeness (QED) is 0.432. The van der Waals surface area contributed by atoms with Crippen LogP contribution in [0.5, 0.6) is 11.5 Å². The molecule has 0 spiro atoms. The third kappa shape index (κ3) is 4.75. The molecule has 0 aliphatic carbocycles. The lowest BCUT2D eigenvalue weighted by atomic mass is 10.1. The summed E-state index contributed by atoms with van der Waals surface area (Å²) >= 11 is 0. The van der Waals surface area contributed by atoms with Gasteiger partial charge in [-0.15, -0.1) is 5.10 Å². The molecular weight excluding hydrogens is 408 g/mol. The van der Waals surface area contributed by atoms with Crippen LogP contribution in [-0.2, 0) is 6.54 Å². The van der Waals surface area contributed by atoms with Crippen LogP contribution in [-0.4, -0.2) is 41.2 Å². The zero-order chi connectivity index (χ0) is 22.3. The first-order chi connectivity index (χ1) is 15.7. The third-order valence-electron chi connectivity index (χ3n) is 4.89. The van der Waals surface area contributed by atoms with E-state index < -0.39 is 0 Å². The molecule has 1 heterocycles. The van der Waals surface area contributed by atoms with E-state index in [1.807, 2.05) is 30.3 Å². The standard InChI is InChI=1S/C24H22N4O4/c1-31-21-8-4-5-9-22(21)32-15-14-25-23(29)18-12-10-17(11-13-18)16-28-24(30)19-6-2-3-7-20(19)26-27-28/h2-13H,14-16H2,1H3,(H,25,29). The molecule has 4 rings (SSSR count). The SMILES string of the molecule is COc1ccccc1OCCNC(=O)c1ccc(Cn2nnc3ccccc3c2=O)cc1. The molecule has 162 valence electrons. The fourth-order valence-electron chi connectivity index (χ4n) is 3.23. The van der Waals surface area contributed by atoms with Crippen molar-refractivity contribution in [2.24, 2.45) is 0 Å². The van der Waals surface area contributed by atoms with Gasteiger partial charge in [-0.2, -0.15) is 0 Å². The Bertz CT molecular complexity index is 1290. The van der Waals surface area contributed by atoms with Crippen LogP contribution in [0.4, 0.5) is 0 Å². The molecule has 0 bridgehead atoms. The average molecular weight is 430 g/mol. The zero-order valence-corrected chi connectivity index (χ0v) is 17.5. The van der Waals surface area contributed by atoms with Gasteiger partial charge < -0.3 is 14.8 Å². The van der Waals surface area contributed by atoms with Crippen molar-refractivity contribution in [3.05, 3.63) is 94.3 Å². The second kappa shape index (κ2) is 9.74. The van der Waals surface area contributed by atoms with Gasteiger partial charge in [0.25, 0.3) is 11.5 Å². The van der Waals surface area contributed by atoms with Crippen LogP contribution < -0.4 is 20.3 Å².